The standard InChI is InChI=1S/C9H8ClN5O2S2/c10-6-1-12-15(2-6)4-7-3-14-5-8(19(11,16)17)18-9(14)13-7/h1-3,5H,4H2,(H2,11,16,17). The highest BCUT2D eigenvalue weighted by Gasteiger charge is 2.14. The molecule has 0 atom stereocenters. The average Bonchev–Trinajstić information content (AvgIpc) is 2.91. The summed E-state index contributed by atoms with van der Waals surface area (Å²) in [6, 6.07) is 0. The van der Waals surface area contributed by atoms with Gasteiger partial charge in [0.15, 0.2) is 9.17 Å². The van der Waals surface area contributed by atoms with Crippen molar-refractivity contribution in [3.8, 4) is 0 Å². The summed E-state index contributed by atoms with van der Waals surface area (Å²) in [5, 5.41) is 9.66. The Hall–Kier alpha value is -1.42. The van der Waals surface area contributed by atoms with Crippen molar-refractivity contribution < 1.29 is 8.42 Å². The van der Waals surface area contributed by atoms with Gasteiger partial charge in [-0.05, 0) is 0 Å². The third-order valence-electron chi connectivity index (χ3n) is 2.39. The summed E-state index contributed by atoms with van der Waals surface area (Å²) in [6.07, 6.45) is 6.40. The number of aromatic nitrogens is 4. The monoisotopic (exact) mass is 317 g/mol. The van der Waals surface area contributed by atoms with Gasteiger partial charge in [-0.15, -0.1) is 0 Å². The second-order valence-corrected chi connectivity index (χ2v) is 7.11. The number of halogens is 1. The Labute approximate surface area is 117 Å². The molecule has 0 saturated heterocycles. The molecule has 0 spiro atoms. The third-order valence-corrected chi connectivity index (χ3v) is 4.99. The summed E-state index contributed by atoms with van der Waals surface area (Å²) in [5.41, 5.74) is 0.756. The first-order valence-corrected chi connectivity index (χ1v) is 7.84. The lowest BCUT2D eigenvalue weighted by atomic mass is 10.5. The van der Waals surface area contributed by atoms with Crippen LogP contribution in [0.3, 0.4) is 0 Å². The van der Waals surface area contributed by atoms with Gasteiger partial charge < -0.3 is 0 Å². The zero-order chi connectivity index (χ0) is 13.6. The van der Waals surface area contributed by atoms with E-state index in [2.05, 4.69) is 10.1 Å². The van der Waals surface area contributed by atoms with E-state index >= 15 is 0 Å². The number of sulfonamides is 1. The molecule has 3 rings (SSSR count). The maximum absolute atomic E-state index is 11.2. The Bertz CT molecular complexity index is 816. The Balaban J connectivity index is 1.93. The van der Waals surface area contributed by atoms with E-state index in [0.29, 0.717) is 16.5 Å². The lowest BCUT2D eigenvalue weighted by molar-refractivity contribution is 0.599. The number of hydrogen-bond donors (Lipinski definition) is 1. The summed E-state index contributed by atoms with van der Waals surface area (Å²) < 4.78 is 25.8. The van der Waals surface area contributed by atoms with Crippen molar-refractivity contribution >= 4 is 37.9 Å². The van der Waals surface area contributed by atoms with Gasteiger partial charge in [0.2, 0.25) is 10.0 Å². The number of hydrogen-bond acceptors (Lipinski definition) is 5. The number of nitrogens with two attached hydrogens (primary N) is 1. The van der Waals surface area contributed by atoms with Crippen LogP contribution in [-0.4, -0.2) is 27.6 Å². The number of fused-ring (bicyclic) bond motifs is 1. The SMILES string of the molecule is NS(=O)(=O)c1cn2cc(Cn3cc(Cl)cn3)nc2s1. The van der Waals surface area contributed by atoms with Gasteiger partial charge in [-0.25, -0.2) is 18.5 Å². The van der Waals surface area contributed by atoms with Crippen molar-refractivity contribution in [1.82, 2.24) is 19.2 Å². The van der Waals surface area contributed by atoms with Gasteiger partial charge in [0, 0.05) is 18.6 Å². The van der Waals surface area contributed by atoms with Crippen molar-refractivity contribution in [2.24, 2.45) is 5.14 Å². The molecule has 0 aliphatic rings. The zero-order valence-corrected chi connectivity index (χ0v) is 11.8. The molecule has 19 heavy (non-hydrogen) atoms. The molecule has 0 amide bonds. The van der Waals surface area contributed by atoms with Crippen LogP contribution < -0.4 is 5.14 Å². The molecule has 0 unspecified atom stereocenters. The largest absolute Gasteiger partial charge is 0.296 e. The molecule has 100 valence electrons. The van der Waals surface area contributed by atoms with E-state index in [-0.39, 0.29) is 4.21 Å². The molecule has 0 aromatic carbocycles. The van der Waals surface area contributed by atoms with E-state index in [1.165, 1.54) is 6.20 Å². The first-order chi connectivity index (χ1) is 8.91. The van der Waals surface area contributed by atoms with Crippen molar-refractivity contribution in [3.05, 3.63) is 35.5 Å². The molecule has 3 aromatic rings. The van der Waals surface area contributed by atoms with E-state index in [9.17, 15) is 8.42 Å². The van der Waals surface area contributed by atoms with Gasteiger partial charge in [0.1, 0.15) is 0 Å². The minimum Gasteiger partial charge on any atom is -0.296 e. The Morgan fingerprint density at radius 2 is 2.16 bits per heavy atom. The molecule has 7 nitrogen and oxygen atoms in total. The molecular weight excluding hydrogens is 310 g/mol. The highest BCUT2D eigenvalue weighted by molar-refractivity contribution is 7.91. The normalized spacial score (nSPS) is 12.3. The Morgan fingerprint density at radius 1 is 1.37 bits per heavy atom. The first kappa shape index (κ1) is 12.6. The number of imidazole rings is 1. The molecule has 0 fully saturated rings. The molecule has 10 heteroatoms. The Morgan fingerprint density at radius 3 is 2.74 bits per heavy atom. The van der Waals surface area contributed by atoms with Crippen LogP contribution in [0.4, 0.5) is 0 Å². The van der Waals surface area contributed by atoms with Crippen molar-refractivity contribution in [2.75, 3.05) is 0 Å². The first-order valence-electron chi connectivity index (χ1n) is 5.10. The summed E-state index contributed by atoms with van der Waals surface area (Å²) in [5.74, 6) is 0. The van der Waals surface area contributed by atoms with Crippen LogP contribution in [0.15, 0.2) is 29.0 Å². The van der Waals surface area contributed by atoms with Crippen LogP contribution in [0.25, 0.3) is 4.96 Å². The van der Waals surface area contributed by atoms with Gasteiger partial charge in [0.25, 0.3) is 0 Å². The summed E-state index contributed by atoms with van der Waals surface area (Å²) in [4.78, 5) is 4.88. The van der Waals surface area contributed by atoms with E-state index in [1.807, 2.05) is 0 Å². The van der Waals surface area contributed by atoms with E-state index in [1.54, 1.807) is 27.7 Å². The summed E-state index contributed by atoms with van der Waals surface area (Å²) in [6.45, 7) is 0.464. The molecule has 0 radical (unpaired) electrons. The smallest absolute Gasteiger partial charge is 0.249 e. The van der Waals surface area contributed by atoms with Gasteiger partial charge in [-0.2, -0.15) is 5.10 Å². The second kappa shape index (κ2) is 4.30. The number of thiazole rings is 1. The number of primary sulfonamides is 1. The molecule has 3 aromatic heterocycles. The van der Waals surface area contributed by atoms with E-state index in [4.69, 9.17) is 16.7 Å². The zero-order valence-electron chi connectivity index (χ0n) is 9.39. The van der Waals surface area contributed by atoms with Crippen molar-refractivity contribution in [3.63, 3.8) is 0 Å². The summed E-state index contributed by atoms with van der Waals surface area (Å²) in [7, 11) is -3.68. The van der Waals surface area contributed by atoms with E-state index < -0.39 is 10.0 Å². The minimum atomic E-state index is -3.68. The lowest BCUT2D eigenvalue weighted by Gasteiger charge is -1.95. The fourth-order valence-corrected chi connectivity index (χ4v) is 3.45. The fraction of sp³-hybridized carbons (Fsp3) is 0.111. The number of nitrogens with zero attached hydrogens (tertiary/aromatic N) is 4. The average molecular weight is 318 g/mol. The van der Waals surface area contributed by atoms with Crippen LogP contribution >= 0.6 is 22.9 Å². The van der Waals surface area contributed by atoms with Gasteiger partial charge in [-0.3, -0.25) is 9.08 Å². The van der Waals surface area contributed by atoms with Gasteiger partial charge >= 0.3 is 0 Å². The predicted molar refractivity (Wildman–Crippen MR) is 70.8 cm³/mol. The van der Waals surface area contributed by atoms with Crippen molar-refractivity contribution in [2.45, 2.75) is 10.8 Å². The molecule has 0 aliphatic heterocycles. The highest BCUT2D eigenvalue weighted by Crippen LogP contribution is 2.21. The van der Waals surface area contributed by atoms with Crippen LogP contribution in [-0.2, 0) is 16.6 Å². The lowest BCUT2D eigenvalue weighted by Crippen LogP contribution is -2.10. The van der Waals surface area contributed by atoms with Gasteiger partial charge in [0.05, 0.1) is 23.5 Å². The maximum atomic E-state index is 11.2. The second-order valence-electron chi connectivity index (χ2n) is 3.87. The molecule has 3 heterocycles. The predicted octanol–water partition coefficient (Wildman–Crippen LogP) is 0.941. The number of rotatable bonds is 3. The van der Waals surface area contributed by atoms with Crippen LogP contribution in [0.2, 0.25) is 5.02 Å². The van der Waals surface area contributed by atoms with Crippen molar-refractivity contribution in [1.29, 1.82) is 0 Å². The Kier molecular flexibility index (Phi) is 2.86. The van der Waals surface area contributed by atoms with Crippen LogP contribution in [0.5, 0.6) is 0 Å². The topological polar surface area (TPSA) is 95.3 Å². The fourth-order valence-electron chi connectivity index (χ4n) is 1.62. The molecule has 2 N–H and O–H groups in total. The van der Waals surface area contributed by atoms with Crippen LogP contribution in [0, 0.1) is 0 Å². The molecule has 0 saturated carbocycles. The third kappa shape index (κ3) is 2.50. The molecular formula is C9H8ClN5O2S2. The van der Waals surface area contributed by atoms with E-state index in [0.717, 1.165) is 17.0 Å². The maximum Gasteiger partial charge on any atom is 0.249 e. The summed E-state index contributed by atoms with van der Waals surface area (Å²) >= 11 is 6.79. The quantitative estimate of drug-likeness (QED) is 0.777. The molecule has 0 bridgehead atoms. The van der Waals surface area contributed by atoms with Crippen LogP contribution in [0.1, 0.15) is 5.69 Å². The molecule has 0 aliphatic carbocycles. The van der Waals surface area contributed by atoms with Gasteiger partial charge in [-0.1, -0.05) is 22.9 Å². The minimum absolute atomic E-state index is 0.0867. The highest BCUT2D eigenvalue weighted by atomic mass is 35.5.